The number of amides is 1. The molecule has 4 rings (SSSR count). The summed E-state index contributed by atoms with van der Waals surface area (Å²) in [6.07, 6.45) is 5.39. The third kappa shape index (κ3) is 4.18. The second-order valence-corrected chi connectivity index (χ2v) is 8.17. The Morgan fingerprint density at radius 3 is 2.48 bits per heavy atom. The van der Waals surface area contributed by atoms with Gasteiger partial charge in [0.2, 0.25) is 5.91 Å². The highest BCUT2D eigenvalue weighted by atomic mass is 19.1. The average molecular weight is 399 g/mol. The molecule has 1 amide bonds. The highest BCUT2D eigenvalue weighted by Gasteiger charge is 2.30. The summed E-state index contributed by atoms with van der Waals surface area (Å²) in [5, 5.41) is 6.01. The summed E-state index contributed by atoms with van der Waals surface area (Å²) in [6, 6.07) is 5.92. The van der Waals surface area contributed by atoms with Crippen molar-refractivity contribution in [3.05, 3.63) is 50.5 Å². The molecule has 1 saturated heterocycles. The van der Waals surface area contributed by atoms with Crippen LogP contribution in [-0.2, 0) is 4.79 Å². The van der Waals surface area contributed by atoms with Crippen molar-refractivity contribution >= 4 is 23.0 Å². The summed E-state index contributed by atoms with van der Waals surface area (Å²) in [7, 11) is 0. The summed E-state index contributed by atoms with van der Waals surface area (Å²) in [5.74, 6) is -0.158. The Labute approximate surface area is 168 Å². The molecule has 0 unspecified atom stereocenters. The van der Waals surface area contributed by atoms with E-state index in [1.54, 1.807) is 12.1 Å². The zero-order valence-electron chi connectivity index (χ0n) is 16.4. The molecule has 1 heterocycles. The Bertz CT molecular complexity index is 953. The van der Waals surface area contributed by atoms with Gasteiger partial charge in [0.15, 0.2) is 0 Å². The lowest BCUT2D eigenvalue weighted by molar-refractivity contribution is -0.121. The van der Waals surface area contributed by atoms with E-state index in [9.17, 15) is 18.8 Å². The molecule has 2 aromatic rings. The fourth-order valence-electron chi connectivity index (χ4n) is 4.47. The van der Waals surface area contributed by atoms with E-state index in [1.165, 1.54) is 12.1 Å². The smallest absolute Gasteiger partial charge is 0.253 e. The average Bonchev–Trinajstić information content (AvgIpc) is 3.24. The zero-order chi connectivity index (χ0) is 20.4. The Hall–Kier alpha value is -2.70. The van der Waals surface area contributed by atoms with Gasteiger partial charge in [0.05, 0.1) is 0 Å². The number of anilines is 3. The monoisotopic (exact) mass is 399 g/mol. The van der Waals surface area contributed by atoms with Crippen LogP contribution in [0, 0.1) is 17.7 Å². The predicted molar refractivity (Wildman–Crippen MR) is 112 cm³/mol. The first-order chi connectivity index (χ1) is 14.0. The van der Waals surface area contributed by atoms with Gasteiger partial charge in [-0.25, -0.2) is 4.39 Å². The van der Waals surface area contributed by atoms with Gasteiger partial charge in [-0.3, -0.25) is 14.4 Å². The second kappa shape index (κ2) is 8.35. The first kappa shape index (κ1) is 19.6. The molecular weight excluding hydrogens is 373 g/mol. The molecule has 6 nitrogen and oxygen atoms in total. The molecule has 2 aromatic carbocycles. The highest BCUT2D eigenvalue weighted by molar-refractivity contribution is 5.92. The van der Waals surface area contributed by atoms with Crippen LogP contribution in [0.15, 0.2) is 33.9 Å². The molecule has 2 N–H and O–H groups in total. The fourth-order valence-corrected chi connectivity index (χ4v) is 4.47. The molecule has 0 atom stereocenters. The number of hydrogen-bond acceptors (Lipinski definition) is 5. The molecular formula is C22H26FN3O3. The number of nitrogens with zero attached hydrogens (tertiary/aromatic N) is 1. The number of carbonyl (C=O) groups excluding carboxylic acids is 1. The van der Waals surface area contributed by atoms with Gasteiger partial charge >= 0.3 is 0 Å². The number of hydrogen-bond donors (Lipinski definition) is 2. The van der Waals surface area contributed by atoms with Crippen molar-refractivity contribution in [1.29, 1.82) is 0 Å². The van der Waals surface area contributed by atoms with E-state index in [0.29, 0.717) is 29.5 Å². The Morgan fingerprint density at radius 2 is 1.79 bits per heavy atom. The molecule has 29 heavy (non-hydrogen) atoms. The van der Waals surface area contributed by atoms with Crippen molar-refractivity contribution in [2.45, 2.75) is 38.5 Å². The van der Waals surface area contributed by atoms with E-state index in [-0.39, 0.29) is 23.1 Å². The van der Waals surface area contributed by atoms with Gasteiger partial charge in [-0.1, -0.05) is 6.07 Å². The van der Waals surface area contributed by atoms with Gasteiger partial charge in [0.25, 0.3) is 10.9 Å². The van der Waals surface area contributed by atoms with Gasteiger partial charge in [0.1, 0.15) is 17.2 Å². The van der Waals surface area contributed by atoms with Crippen LogP contribution in [0.1, 0.15) is 38.5 Å². The summed E-state index contributed by atoms with van der Waals surface area (Å²) >= 11 is 0. The van der Waals surface area contributed by atoms with Crippen molar-refractivity contribution in [2.75, 3.05) is 35.2 Å². The van der Waals surface area contributed by atoms with Gasteiger partial charge in [-0.2, -0.15) is 0 Å². The van der Waals surface area contributed by atoms with E-state index < -0.39 is 5.43 Å². The second-order valence-electron chi connectivity index (χ2n) is 8.17. The molecule has 7 heteroatoms. The highest BCUT2D eigenvalue weighted by Crippen LogP contribution is 2.31. The third-order valence-corrected chi connectivity index (χ3v) is 6.18. The summed E-state index contributed by atoms with van der Waals surface area (Å²) in [5.41, 5.74) is 0.744. The number of carbonyl (C=O) groups is 1. The maximum atomic E-state index is 13.3. The molecule has 1 aliphatic heterocycles. The molecule has 2 aliphatic rings. The number of halogens is 1. The minimum atomic E-state index is -0.407. The Morgan fingerprint density at radius 1 is 1.07 bits per heavy atom. The fraction of sp³-hybridized carbons (Fsp3) is 0.500. The standard InChI is InChI=1S/C22H26FN3O3/c23-16-4-3-5-17(12-16)25-22(29)15-8-6-14(7-9-15)13-24-18-19(21(28)20(18)27)26-10-1-2-11-26/h3-5,12,14-15,24H,1-2,6-11,13H2,(H,25,29). The van der Waals surface area contributed by atoms with Crippen molar-refractivity contribution < 1.29 is 9.18 Å². The molecule has 1 saturated carbocycles. The van der Waals surface area contributed by atoms with Crippen LogP contribution in [-0.4, -0.2) is 25.5 Å². The molecule has 0 spiro atoms. The van der Waals surface area contributed by atoms with Crippen molar-refractivity contribution in [3.63, 3.8) is 0 Å². The van der Waals surface area contributed by atoms with Crippen LogP contribution in [0.3, 0.4) is 0 Å². The SMILES string of the molecule is O=C(Nc1cccc(F)c1)C1CCC(CNc2c(N3CCCC3)c(=O)c2=O)CC1. The van der Waals surface area contributed by atoms with Crippen LogP contribution >= 0.6 is 0 Å². The number of benzene rings is 1. The maximum absolute atomic E-state index is 13.3. The Kier molecular flexibility index (Phi) is 5.65. The van der Waals surface area contributed by atoms with E-state index in [1.807, 2.05) is 4.90 Å². The lowest BCUT2D eigenvalue weighted by Gasteiger charge is -2.29. The van der Waals surface area contributed by atoms with E-state index in [0.717, 1.165) is 51.6 Å². The quantitative estimate of drug-likeness (QED) is 0.731. The lowest BCUT2D eigenvalue weighted by Crippen LogP contribution is -2.42. The molecule has 0 aromatic heterocycles. The number of nitrogens with one attached hydrogen (secondary N) is 2. The topological polar surface area (TPSA) is 78.5 Å². The summed E-state index contributed by atoms with van der Waals surface area (Å²) in [4.78, 5) is 38.4. The lowest BCUT2D eigenvalue weighted by atomic mass is 9.81. The number of rotatable bonds is 6. The molecule has 2 fully saturated rings. The van der Waals surface area contributed by atoms with Crippen LogP contribution in [0.5, 0.6) is 0 Å². The molecule has 0 bridgehead atoms. The van der Waals surface area contributed by atoms with Crippen LogP contribution < -0.4 is 26.4 Å². The van der Waals surface area contributed by atoms with Crippen molar-refractivity contribution in [2.24, 2.45) is 11.8 Å². The predicted octanol–water partition coefficient (Wildman–Crippen LogP) is 2.88. The van der Waals surface area contributed by atoms with Gasteiger partial charge < -0.3 is 15.5 Å². The minimum Gasteiger partial charge on any atom is -0.380 e. The normalized spacial score (nSPS) is 22.0. The summed E-state index contributed by atoms with van der Waals surface area (Å²) in [6.45, 7) is 2.32. The molecule has 154 valence electrons. The minimum absolute atomic E-state index is 0.0687. The third-order valence-electron chi connectivity index (χ3n) is 6.18. The van der Waals surface area contributed by atoms with E-state index in [2.05, 4.69) is 10.6 Å². The van der Waals surface area contributed by atoms with E-state index in [4.69, 9.17) is 0 Å². The van der Waals surface area contributed by atoms with Crippen LogP contribution in [0.2, 0.25) is 0 Å². The van der Waals surface area contributed by atoms with Crippen molar-refractivity contribution in [1.82, 2.24) is 0 Å². The van der Waals surface area contributed by atoms with E-state index >= 15 is 0 Å². The first-order valence-electron chi connectivity index (χ1n) is 10.4. The van der Waals surface area contributed by atoms with Gasteiger partial charge in [-0.15, -0.1) is 0 Å². The zero-order valence-corrected chi connectivity index (χ0v) is 16.4. The van der Waals surface area contributed by atoms with Crippen LogP contribution in [0.4, 0.5) is 21.5 Å². The molecule has 1 aliphatic carbocycles. The first-order valence-corrected chi connectivity index (χ1v) is 10.4. The van der Waals surface area contributed by atoms with Gasteiger partial charge in [0, 0.05) is 31.2 Å². The molecule has 0 radical (unpaired) electrons. The van der Waals surface area contributed by atoms with Gasteiger partial charge in [-0.05, 0) is 62.6 Å². The Balaban J connectivity index is 1.26. The maximum Gasteiger partial charge on any atom is 0.253 e. The summed E-state index contributed by atoms with van der Waals surface area (Å²) < 4.78 is 13.3. The van der Waals surface area contributed by atoms with Crippen LogP contribution in [0.25, 0.3) is 0 Å². The largest absolute Gasteiger partial charge is 0.380 e. The van der Waals surface area contributed by atoms with Crippen molar-refractivity contribution in [3.8, 4) is 0 Å².